The van der Waals surface area contributed by atoms with E-state index in [1.54, 1.807) is 7.11 Å². The molecule has 0 spiro atoms. The molecule has 2 rings (SSSR count). The smallest absolute Gasteiger partial charge is 0.241 e. The zero-order valence-corrected chi connectivity index (χ0v) is 11.8. The molecule has 2 fully saturated rings. The molecular formula is C12H21NO4S. The fourth-order valence-corrected chi connectivity index (χ4v) is 4.36. The Morgan fingerprint density at radius 1 is 1.28 bits per heavy atom. The van der Waals surface area contributed by atoms with Crippen molar-refractivity contribution in [3.63, 3.8) is 0 Å². The third-order valence-electron chi connectivity index (χ3n) is 4.36. The molecule has 6 heteroatoms. The first-order valence-corrected chi connectivity index (χ1v) is 8.33. The van der Waals surface area contributed by atoms with Gasteiger partial charge in [0.15, 0.2) is 9.84 Å². The third kappa shape index (κ3) is 2.16. The van der Waals surface area contributed by atoms with E-state index in [0.717, 1.165) is 31.9 Å². The standard InChI is InChI=1S/C12H21NO4S/c1-17-10-6-3-5-9(10)13-11(14)12(7-4-8-12)18(2,15)16/h9-10H,3-8H2,1-2H3,(H,13,14)/t9-,10+/m1/s1. The molecule has 2 saturated carbocycles. The van der Waals surface area contributed by atoms with Gasteiger partial charge in [0.05, 0.1) is 12.1 Å². The summed E-state index contributed by atoms with van der Waals surface area (Å²) in [6.45, 7) is 0. The number of carbonyl (C=O) groups excluding carboxylic acids is 1. The number of rotatable bonds is 4. The van der Waals surface area contributed by atoms with Crippen LogP contribution in [0.1, 0.15) is 38.5 Å². The topological polar surface area (TPSA) is 72.5 Å². The highest BCUT2D eigenvalue weighted by molar-refractivity contribution is 7.93. The number of hydrogen-bond donors (Lipinski definition) is 1. The summed E-state index contributed by atoms with van der Waals surface area (Å²) in [5.41, 5.74) is 0. The fourth-order valence-electron chi connectivity index (χ4n) is 2.94. The minimum atomic E-state index is -3.35. The van der Waals surface area contributed by atoms with Crippen LogP contribution in [0.2, 0.25) is 0 Å². The molecule has 2 atom stereocenters. The minimum Gasteiger partial charge on any atom is -0.379 e. The van der Waals surface area contributed by atoms with Crippen molar-refractivity contribution < 1.29 is 17.9 Å². The number of hydrogen-bond acceptors (Lipinski definition) is 4. The first-order chi connectivity index (χ1) is 8.40. The zero-order valence-electron chi connectivity index (χ0n) is 10.9. The van der Waals surface area contributed by atoms with Gasteiger partial charge in [0.25, 0.3) is 0 Å². The molecule has 0 radical (unpaired) electrons. The van der Waals surface area contributed by atoms with Crippen LogP contribution in [0.5, 0.6) is 0 Å². The predicted octanol–water partition coefficient (Wildman–Crippen LogP) is 0.637. The van der Waals surface area contributed by atoms with Crippen molar-refractivity contribution in [1.82, 2.24) is 5.32 Å². The van der Waals surface area contributed by atoms with E-state index in [1.807, 2.05) is 0 Å². The van der Waals surface area contributed by atoms with Crippen LogP contribution in [0.25, 0.3) is 0 Å². The highest BCUT2D eigenvalue weighted by Gasteiger charge is 2.53. The summed E-state index contributed by atoms with van der Waals surface area (Å²) >= 11 is 0. The van der Waals surface area contributed by atoms with E-state index in [0.29, 0.717) is 12.8 Å². The van der Waals surface area contributed by atoms with Crippen molar-refractivity contribution >= 4 is 15.7 Å². The Hall–Kier alpha value is -0.620. The number of methoxy groups -OCH3 is 1. The van der Waals surface area contributed by atoms with Crippen molar-refractivity contribution in [3.8, 4) is 0 Å². The van der Waals surface area contributed by atoms with Gasteiger partial charge in [-0.3, -0.25) is 4.79 Å². The highest BCUT2D eigenvalue weighted by atomic mass is 32.2. The maximum atomic E-state index is 12.3. The Labute approximate surface area is 108 Å². The number of ether oxygens (including phenoxy) is 1. The minimum absolute atomic E-state index is 0.0191. The average molecular weight is 275 g/mol. The molecule has 0 heterocycles. The second-order valence-corrected chi connectivity index (χ2v) is 7.73. The summed E-state index contributed by atoms with van der Waals surface area (Å²) < 4.78 is 27.8. The lowest BCUT2D eigenvalue weighted by molar-refractivity contribution is -0.127. The van der Waals surface area contributed by atoms with E-state index in [9.17, 15) is 13.2 Å². The average Bonchev–Trinajstić information content (AvgIpc) is 2.60. The lowest BCUT2D eigenvalue weighted by Gasteiger charge is -2.39. The van der Waals surface area contributed by atoms with Gasteiger partial charge in [-0.05, 0) is 38.5 Å². The van der Waals surface area contributed by atoms with Crippen molar-refractivity contribution in [1.29, 1.82) is 0 Å². The summed E-state index contributed by atoms with van der Waals surface area (Å²) in [7, 11) is -1.72. The van der Waals surface area contributed by atoms with Crippen molar-refractivity contribution in [3.05, 3.63) is 0 Å². The van der Waals surface area contributed by atoms with Gasteiger partial charge in [-0.15, -0.1) is 0 Å². The van der Waals surface area contributed by atoms with Crippen LogP contribution < -0.4 is 5.32 Å². The Kier molecular flexibility index (Phi) is 3.69. The summed E-state index contributed by atoms with van der Waals surface area (Å²) in [5.74, 6) is -0.329. The molecule has 1 amide bonds. The lowest BCUT2D eigenvalue weighted by atomic mass is 9.83. The summed E-state index contributed by atoms with van der Waals surface area (Å²) in [6, 6.07) is -0.0401. The van der Waals surface area contributed by atoms with Crippen LogP contribution in [0, 0.1) is 0 Å². The van der Waals surface area contributed by atoms with Crippen molar-refractivity contribution in [2.75, 3.05) is 13.4 Å². The molecule has 2 aliphatic carbocycles. The molecule has 0 aromatic rings. The Morgan fingerprint density at radius 3 is 2.39 bits per heavy atom. The molecule has 2 aliphatic rings. The number of nitrogens with one attached hydrogen (secondary N) is 1. The van der Waals surface area contributed by atoms with Crippen LogP contribution in [0.15, 0.2) is 0 Å². The van der Waals surface area contributed by atoms with Gasteiger partial charge in [-0.1, -0.05) is 0 Å². The molecule has 1 N–H and O–H groups in total. The van der Waals surface area contributed by atoms with E-state index >= 15 is 0 Å². The van der Waals surface area contributed by atoms with Gasteiger partial charge >= 0.3 is 0 Å². The number of sulfone groups is 1. The van der Waals surface area contributed by atoms with Crippen LogP contribution in [0.3, 0.4) is 0 Å². The Balaban J connectivity index is 2.08. The van der Waals surface area contributed by atoms with Gasteiger partial charge in [-0.2, -0.15) is 0 Å². The van der Waals surface area contributed by atoms with Crippen LogP contribution in [-0.4, -0.2) is 44.6 Å². The van der Waals surface area contributed by atoms with E-state index in [4.69, 9.17) is 4.74 Å². The quantitative estimate of drug-likeness (QED) is 0.817. The van der Waals surface area contributed by atoms with E-state index in [1.165, 1.54) is 0 Å². The highest BCUT2D eigenvalue weighted by Crippen LogP contribution is 2.39. The molecule has 0 unspecified atom stereocenters. The molecule has 18 heavy (non-hydrogen) atoms. The van der Waals surface area contributed by atoms with Crippen LogP contribution >= 0.6 is 0 Å². The van der Waals surface area contributed by atoms with E-state index in [-0.39, 0.29) is 18.1 Å². The van der Waals surface area contributed by atoms with Crippen LogP contribution in [0.4, 0.5) is 0 Å². The fraction of sp³-hybridized carbons (Fsp3) is 0.917. The molecule has 0 aliphatic heterocycles. The lowest BCUT2D eigenvalue weighted by Crippen LogP contribution is -2.59. The van der Waals surface area contributed by atoms with Crippen molar-refractivity contribution in [2.45, 2.75) is 55.4 Å². The summed E-state index contributed by atoms with van der Waals surface area (Å²) in [5, 5.41) is 2.89. The molecule has 0 saturated heterocycles. The zero-order chi connectivity index (χ0) is 13.4. The number of carbonyl (C=O) groups is 1. The number of amides is 1. The predicted molar refractivity (Wildman–Crippen MR) is 68.0 cm³/mol. The Bertz CT molecular complexity index is 427. The molecule has 5 nitrogen and oxygen atoms in total. The maximum Gasteiger partial charge on any atom is 0.241 e. The SMILES string of the molecule is CO[C@H]1CCC[C@H]1NC(=O)C1(S(C)(=O)=O)CCC1. The van der Waals surface area contributed by atoms with Gasteiger partial charge in [-0.25, -0.2) is 8.42 Å². The maximum absolute atomic E-state index is 12.3. The molecule has 0 bridgehead atoms. The van der Waals surface area contributed by atoms with Gasteiger partial charge < -0.3 is 10.1 Å². The molecule has 0 aromatic carbocycles. The van der Waals surface area contributed by atoms with Crippen LogP contribution in [-0.2, 0) is 19.4 Å². The molecular weight excluding hydrogens is 254 g/mol. The largest absolute Gasteiger partial charge is 0.379 e. The first-order valence-electron chi connectivity index (χ1n) is 6.44. The normalized spacial score (nSPS) is 30.8. The summed E-state index contributed by atoms with van der Waals surface area (Å²) in [6.07, 6.45) is 5.68. The first kappa shape index (κ1) is 13.8. The molecule has 104 valence electrons. The van der Waals surface area contributed by atoms with Gasteiger partial charge in [0.1, 0.15) is 4.75 Å². The van der Waals surface area contributed by atoms with Crippen molar-refractivity contribution in [2.24, 2.45) is 0 Å². The Morgan fingerprint density at radius 2 is 1.94 bits per heavy atom. The second-order valence-electron chi connectivity index (χ2n) is 5.41. The van der Waals surface area contributed by atoms with E-state index < -0.39 is 14.6 Å². The third-order valence-corrected chi connectivity index (χ3v) is 6.37. The van der Waals surface area contributed by atoms with Gasteiger partial charge in [0.2, 0.25) is 5.91 Å². The summed E-state index contributed by atoms with van der Waals surface area (Å²) in [4.78, 5) is 12.3. The van der Waals surface area contributed by atoms with E-state index in [2.05, 4.69) is 5.32 Å². The monoisotopic (exact) mass is 275 g/mol. The molecule has 0 aromatic heterocycles. The second kappa shape index (κ2) is 4.81. The van der Waals surface area contributed by atoms with Gasteiger partial charge in [0, 0.05) is 13.4 Å².